The normalized spacial score (nSPS) is 14.5. The molecule has 0 saturated heterocycles. The van der Waals surface area contributed by atoms with Gasteiger partial charge in [-0.2, -0.15) is 5.10 Å². The van der Waals surface area contributed by atoms with Gasteiger partial charge in [0.2, 0.25) is 0 Å². The standard InChI is InChI=1S/C31H28FN5O/c1-20-14-15-21(2)27(17-20)33-31(38)36-19-26-22(3)34-37(25-11-5-4-6-12-25)30(26)35-16-8-13-28(35)29(36)23-9-7-10-24(32)18-23/h4-18,29H,19H2,1-3H3,(H,33,38). The van der Waals surface area contributed by atoms with Gasteiger partial charge in [0.05, 0.1) is 29.7 Å². The number of para-hydroxylation sites is 1. The number of urea groups is 1. The largest absolute Gasteiger partial charge is 0.322 e. The molecular weight excluding hydrogens is 477 g/mol. The summed E-state index contributed by atoms with van der Waals surface area (Å²) < 4.78 is 18.5. The minimum Gasteiger partial charge on any atom is -0.308 e. The zero-order valence-corrected chi connectivity index (χ0v) is 21.5. The van der Waals surface area contributed by atoms with Crippen molar-refractivity contribution < 1.29 is 9.18 Å². The summed E-state index contributed by atoms with van der Waals surface area (Å²) in [6.07, 6.45) is 1.98. The highest BCUT2D eigenvalue weighted by molar-refractivity contribution is 5.91. The van der Waals surface area contributed by atoms with Crippen LogP contribution < -0.4 is 5.32 Å². The Morgan fingerprint density at radius 1 is 0.947 bits per heavy atom. The summed E-state index contributed by atoms with van der Waals surface area (Å²) in [5.41, 5.74) is 7.01. The molecule has 1 N–H and O–H groups in total. The Morgan fingerprint density at radius 3 is 2.55 bits per heavy atom. The SMILES string of the molecule is Cc1ccc(C)c(NC(=O)N2Cc3c(C)nn(-c4ccccc4)c3-n3cccc3C2c2cccc(F)c2)c1. The molecule has 2 amide bonds. The summed E-state index contributed by atoms with van der Waals surface area (Å²) in [7, 11) is 0. The van der Waals surface area contributed by atoms with Crippen LogP contribution in [0, 0.1) is 26.6 Å². The Bertz CT molecular complexity index is 1650. The maximum atomic E-state index is 14.5. The van der Waals surface area contributed by atoms with Gasteiger partial charge in [0.15, 0.2) is 0 Å². The van der Waals surface area contributed by atoms with E-state index in [0.717, 1.165) is 45.3 Å². The quantitative estimate of drug-likeness (QED) is 0.291. The van der Waals surface area contributed by atoms with Crippen LogP contribution >= 0.6 is 0 Å². The number of aromatic nitrogens is 3. The number of fused-ring (bicyclic) bond motifs is 3. The van der Waals surface area contributed by atoms with E-state index in [1.54, 1.807) is 11.0 Å². The number of carbonyl (C=O) groups is 1. The molecule has 38 heavy (non-hydrogen) atoms. The number of benzene rings is 3. The van der Waals surface area contributed by atoms with Crippen LogP contribution in [0.5, 0.6) is 0 Å². The molecule has 6 nitrogen and oxygen atoms in total. The molecule has 1 atom stereocenters. The molecule has 190 valence electrons. The molecule has 3 heterocycles. The van der Waals surface area contributed by atoms with Crippen molar-refractivity contribution in [3.8, 4) is 11.5 Å². The summed E-state index contributed by atoms with van der Waals surface area (Å²) in [6, 6.07) is 25.6. The van der Waals surface area contributed by atoms with Crippen LogP contribution in [0.4, 0.5) is 14.9 Å². The predicted molar refractivity (Wildman–Crippen MR) is 146 cm³/mol. The highest BCUT2D eigenvalue weighted by Crippen LogP contribution is 2.39. The first kappa shape index (κ1) is 23.7. The molecule has 0 saturated carbocycles. The van der Waals surface area contributed by atoms with Gasteiger partial charge < -0.3 is 14.8 Å². The van der Waals surface area contributed by atoms with E-state index in [4.69, 9.17) is 5.10 Å². The van der Waals surface area contributed by atoms with E-state index >= 15 is 0 Å². The molecule has 1 unspecified atom stereocenters. The second kappa shape index (κ2) is 9.34. The van der Waals surface area contributed by atoms with Gasteiger partial charge in [0.25, 0.3) is 0 Å². The summed E-state index contributed by atoms with van der Waals surface area (Å²) in [6.45, 7) is 6.23. The third-order valence-corrected chi connectivity index (χ3v) is 7.15. The summed E-state index contributed by atoms with van der Waals surface area (Å²) in [4.78, 5) is 15.8. The van der Waals surface area contributed by atoms with E-state index in [2.05, 4.69) is 9.88 Å². The van der Waals surface area contributed by atoms with Gasteiger partial charge in [0.1, 0.15) is 11.6 Å². The van der Waals surface area contributed by atoms with Gasteiger partial charge in [-0.3, -0.25) is 0 Å². The number of nitrogens with zero attached hydrogens (tertiary/aromatic N) is 4. The van der Waals surface area contributed by atoms with E-state index in [1.165, 1.54) is 12.1 Å². The number of rotatable bonds is 3. The van der Waals surface area contributed by atoms with Crippen molar-refractivity contribution in [3.05, 3.63) is 131 Å². The van der Waals surface area contributed by atoms with Gasteiger partial charge >= 0.3 is 6.03 Å². The molecule has 2 aromatic heterocycles. The number of hydrogen-bond donors (Lipinski definition) is 1. The van der Waals surface area contributed by atoms with E-state index in [0.29, 0.717) is 12.1 Å². The minimum atomic E-state index is -0.526. The average molecular weight is 506 g/mol. The van der Waals surface area contributed by atoms with E-state index in [9.17, 15) is 9.18 Å². The summed E-state index contributed by atoms with van der Waals surface area (Å²) in [5.74, 6) is 0.529. The average Bonchev–Trinajstić information content (AvgIpc) is 3.47. The lowest BCUT2D eigenvalue weighted by Crippen LogP contribution is -2.38. The van der Waals surface area contributed by atoms with Gasteiger partial charge in [-0.25, -0.2) is 13.9 Å². The molecule has 0 spiro atoms. The first-order valence-corrected chi connectivity index (χ1v) is 12.6. The number of anilines is 1. The van der Waals surface area contributed by atoms with Crippen LogP contribution in [0.25, 0.3) is 11.5 Å². The van der Waals surface area contributed by atoms with Crippen LogP contribution in [0.2, 0.25) is 0 Å². The van der Waals surface area contributed by atoms with Crippen molar-refractivity contribution in [2.24, 2.45) is 0 Å². The first-order valence-electron chi connectivity index (χ1n) is 12.6. The monoisotopic (exact) mass is 505 g/mol. The number of halogens is 1. The molecule has 5 aromatic rings. The Morgan fingerprint density at radius 2 is 1.76 bits per heavy atom. The lowest BCUT2D eigenvalue weighted by molar-refractivity contribution is 0.194. The third kappa shape index (κ3) is 4.06. The zero-order chi connectivity index (χ0) is 26.4. The van der Waals surface area contributed by atoms with Gasteiger partial charge in [-0.05, 0) is 79.9 Å². The first-order chi connectivity index (χ1) is 18.4. The molecule has 0 fully saturated rings. The Kier molecular flexibility index (Phi) is 5.83. The number of carbonyl (C=O) groups excluding carboxylic acids is 1. The second-order valence-corrected chi connectivity index (χ2v) is 9.77. The summed E-state index contributed by atoms with van der Waals surface area (Å²) in [5, 5.41) is 8.01. The smallest absolute Gasteiger partial charge is 0.308 e. The Balaban J connectivity index is 1.54. The number of nitrogens with one attached hydrogen (secondary N) is 1. The number of hydrogen-bond acceptors (Lipinski definition) is 2. The molecule has 6 rings (SSSR count). The molecule has 1 aliphatic rings. The van der Waals surface area contributed by atoms with Crippen molar-refractivity contribution in [2.45, 2.75) is 33.4 Å². The highest BCUT2D eigenvalue weighted by atomic mass is 19.1. The van der Waals surface area contributed by atoms with Crippen LogP contribution in [-0.4, -0.2) is 25.3 Å². The fraction of sp³-hybridized carbons (Fsp3) is 0.161. The van der Waals surface area contributed by atoms with Crippen molar-refractivity contribution >= 4 is 11.7 Å². The maximum absolute atomic E-state index is 14.5. The van der Waals surface area contributed by atoms with Crippen molar-refractivity contribution in [1.82, 2.24) is 19.2 Å². The zero-order valence-electron chi connectivity index (χ0n) is 21.5. The number of amides is 2. The van der Waals surface area contributed by atoms with Crippen molar-refractivity contribution in [3.63, 3.8) is 0 Å². The molecule has 0 aliphatic carbocycles. The summed E-state index contributed by atoms with van der Waals surface area (Å²) >= 11 is 0. The fourth-order valence-corrected chi connectivity index (χ4v) is 5.23. The fourth-order valence-electron chi connectivity index (χ4n) is 5.23. The molecule has 7 heteroatoms. The van der Waals surface area contributed by atoms with Crippen LogP contribution in [0.1, 0.15) is 39.7 Å². The Hall–Kier alpha value is -4.65. The van der Waals surface area contributed by atoms with Crippen molar-refractivity contribution in [2.75, 3.05) is 5.32 Å². The lowest BCUT2D eigenvalue weighted by Gasteiger charge is -2.31. The van der Waals surface area contributed by atoms with Crippen LogP contribution in [-0.2, 0) is 6.54 Å². The van der Waals surface area contributed by atoms with Gasteiger partial charge in [-0.1, -0.05) is 42.5 Å². The molecule has 0 radical (unpaired) electrons. The maximum Gasteiger partial charge on any atom is 0.322 e. The number of aryl methyl sites for hydroxylation is 3. The highest BCUT2D eigenvalue weighted by Gasteiger charge is 2.36. The molecular formula is C31H28FN5O. The van der Waals surface area contributed by atoms with Crippen LogP contribution in [0.15, 0.2) is 91.1 Å². The van der Waals surface area contributed by atoms with Crippen molar-refractivity contribution in [1.29, 1.82) is 0 Å². The molecule has 0 bridgehead atoms. The topological polar surface area (TPSA) is 55.1 Å². The van der Waals surface area contributed by atoms with E-state index in [1.807, 2.05) is 98.4 Å². The lowest BCUT2D eigenvalue weighted by atomic mass is 10.0. The van der Waals surface area contributed by atoms with E-state index in [-0.39, 0.29) is 11.8 Å². The van der Waals surface area contributed by atoms with Crippen LogP contribution in [0.3, 0.4) is 0 Å². The van der Waals surface area contributed by atoms with E-state index < -0.39 is 6.04 Å². The Labute approximate surface area is 221 Å². The molecule has 1 aliphatic heterocycles. The third-order valence-electron chi connectivity index (χ3n) is 7.15. The predicted octanol–water partition coefficient (Wildman–Crippen LogP) is 6.86. The molecule has 3 aromatic carbocycles. The van der Waals surface area contributed by atoms with Gasteiger partial charge in [0, 0.05) is 17.4 Å². The van der Waals surface area contributed by atoms with Gasteiger partial charge in [-0.15, -0.1) is 0 Å². The minimum absolute atomic E-state index is 0.263. The second-order valence-electron chi connectivity index (χ2n) is 9.77.